The van der Waals surface area contributed by atoms with Crippen molar-refractivity contribution in [2.24, 2.45) is 46.8 Å². The van der Waals surface area contributed by atoms with Gasteiger partial charge < -0.3 is 4.74 Å². The van der Waals surface area contributed by atoms with Crippen LogP contribution in [0.2, 0.25) is 0 Å². The predicted molar refractivity (Wildman–Crippen MR) is 91.8 cm³/mol. The van der Waals surface area contributed by atoms with Crippen LogP contribution in [0.1, 0.15) is 73.1 Å². The first-order valence-electron chi connectivity index (χ1n) is 10.1. The van der Waals surface area contributed by atoms with Crippen molar-refractivity contribution < 1.29 is 9.53 Å². The van der Waals surface area contributed by atoms with Gasteiger partial charge in [-0.25, -0.2) is 0 Å². The summed E-state index contributed by atoms with van der Waals surface area (Å²) in [5.41, 5.74) is -0.481. The third-order valence-corrected chi connectivity index (χ3v) is 8.80. The van der Waals surface area contributed by atoms with Crippen molar-refractivity contribution in [2.75, 3.05) is 0 Å². The molecule has 4 saturated carbocycles. The van der Waals surface area contributed by atoms with Crippen LogP contribution in [-0.2, 0) is 9.53 Å². The Kier molecular flexibility index (Phi) is 3.46. The summed E-state index contributed by atoms with van der Waals surface area (Å²) in [7, 11) is 0. The summed E-state index contributed by atoms with van der Waals surface area (Å²) in [6.45, 7) is 10.9. The molecule has 4 aliphatic rings. The van der Waals surface area contributed by atoms with Crippen molar-refractivity contribution in [1.29, 1.82) is 0 Å². The van der Waals surface area contributed by atoms with E-state index in [0.717, 1.165) is 54.8 Å². The minimum atomic E-state index is -0.342. The van der Waals surface area contributed by atoms with Crippen molar-refractivity contribution >= 4 is 5.97 Å². The number of ether oxygens (including phenoxy) is 1. The van der Waals surface area contributed by atoms with Crippen molar-refractivity contribution in [1.82, 2.24) is 0 Å². The van der Waals surface area contributed by atoms with Gasteiger partial charge >= 0.3 is 5.97 Å². The Hall–Kier alpha value is -0.530. The van der Waals surface area contributed by atoms with Crippen LogP contribution < -0.4 is 0 Å². The third-order valence-electron chi connectivity index (χ3n) is 8.80. The molecule has 4 rings (SSSR count). The Morgan fingerprint density at radius 3 is 2.43 bits per heavy atom. The molecule has 2 nitrogen and oxygen atoms in total. The lowest BCUT2D eigenvalue weighted by atomic mass is 9.65. The Bertz CT molecular complexity index is 510. The predicted octanol–water partition coefficient (Wildman–Crippen LogP) is 5.06. The molecule has 0 radical (unpaired) electrons. The average Bonchev–Trinajstić information content (AvgIpc) is 3.25. The molecule has 0 heterocycles. The first-order valence-corrected chi connectivity index (χ1v) is 10.1. The molecule has 0 saturated heterocycles. The highest BCUT2D eigenvalue weighted by atomic mass is 16.6. The smallest absolute Gasteiger partial charge is 0.312 e. The van der Waals surface area contributed by atoms with Gasteiger partial charge in [-0.15, -0.1) is 0 Å². The minimum absolute atomic E-state index is 0.0437. The van der Waals surface area contributed by atoms with Gasteiger partial charge in [0.05, 0.1) is 5.41 Å². The van der Waals surface area contributed by atoms with Gasteiger partial charge in [-0.2, -0.15) is 0 Å². The van der Waals surface area contributed by atoms with Crippen LogP contribution >= 0.6 is 0 Å². The molecule has 4 fully saturated rings. The van der Waals surface area contributed by atoms with Crippen LogP contribution in [-0.4, -0.2) is 11.6 Å². The average molecular weight is 319 g/mol. The Morgan fingerprint density at radius 2 is 1.83 bits per heavy atom. The van der Waals surface area contributed by atoms with Gasteiger partial charge in [-0.3, -0.25) is 4.79 Å². The zero-order chi connectivity index (χ0) is 16.6. The van der Waals surface area contributed by atoms with Crippen molar-refractivity contribution in [2.45, 2.75) is 78.7 Å². The number of hydrogen-bond donors (Lipinski definition) is 0. The molecule has 0 amide bonds. The van der Waals surface area contributed by atoms with Gasteiger partial charge in [-0.1, -0.05) is 20.8 Å². The van der Waals surface area contributed by atoms with Gasteiger partial charge in [0.2, 0.25) is 0 Å². The number of fused-ring (bicyclic) bond motifs is 9. The molecule has 130 valence electrons. The molecule has 4 aliphatic carbocycles. The summed E-state index contributed by atoms with van der Waals surface area (Å²) in [5.74, 6) is 6.18. The molecule has 8 atom stereocenters. The summed E-state index contributed by atoms with van der Waals surface area (Å²) in [6.07, 6.45) is 7.25. The minimum Gasteiger partial charge on any atom is -0.458 e. The number of esters is 1. The maximum Gasteiger partial charge on any atom is 0.312 e. The van der Waals surface area contributed by atoms with E-state index < -0.39 is 0 Å². The second-order valence-electron chi connectivity index (χ2n) is 9.77. The van der Waals surface area contributed by atoms with Crippen LogP contribution in [0, 0.1) is 46.8 Å². The molecular formula is C21H34O2. The maximum absolute atomic E-state index is 12.8. The third kappa shape index (κ3) is 1.96. The van der Waals surface area contributed by atoms with Crippen LogP contribution in [0.4, 0.5) is 0 Å². The normalized spacial score (nSPS) is 50.4. The molecule has 2 heteroatoms. The van der Waals surface area contributed by atoms with E-state index in [1.165, 1.54) is 19.3 Å². The van der Waals surface area contributed by atoms with Gasteiger partial charge in [0.25, 0.3) is 0 Å². The standard InChI is InChI=1S/C21H34O2/c1-6-20(4,5)19(22)23-21(7-2)11-13-10-16(21)18-15-9-8-14(12(15)3)17(13)18/h12-18H,6-11H2,1-5H3. The molecule has 23 heavy (non-hydrogen) atoms. The van der Waals surface area contributed by atoms with Crippen LogP contribution in [0.3, 0.4) is 0 Å². The zero-order valence-corrected chi connectivity index (χ0v) is 15.6. The SMILES string of the molecule is CCC(C)(C)C(=O)OC1(CC)CC2CC1C1C3CCC(C3C)C21. The monoisotopic (exact) mass is 318 g/mol. The van der Waals surface area contributed by atoms with E-state index in [1.54, 1.807) is 0 Å². The lowest BCUT2D eigenvalue weighted by Gasteiger charge is -2.46. The Labute approximate surface area is 141 Å². The fourth-order valence-corrected chi connectivity index (χ4v) is 7.20. The van der Waals surface area contributed by atoms with Gasteiger partial charge in [-0.05, 0) is 87.9 Å². The van der Waals surface area contributed by atoms with Crippen molar-refractivity contribution in [3.8, 4) is 0 Å². The Morgan fingerprint density at radius 1 is 1.17 bits per heavy atom. The van der Waals surface area contributed by atoms with Crippen LogP contribution in [0.25, 0.3) is 0 Å². The largest absolute Gasteiger partial charge is 0.458 e. The first-order chi connectivity index (χ1) is 10.8. The second kappa shape index (κ2) is 4.99. The van der Waals surface area contributed by atoms with Gasteiger partial charge in [0.1, 0.15) is 5.60 Å². The van der Waals surface area contributed by atoms with E-state index in [4.69, 9.17) is 4.74 Å². The van der Waals surface area contributed by atoms with E-state index in [0.29, 0.717) is 5.92 Å². The maximum atomic E-state index is 12.8. The molecular weight excluding hydrogens is 284 g/mol. The van der Waals surface area contributed by atoms with Crippen LogP contribution in [0.5, 0.6) is 0 Å². The summed E-state index contributed by atoms with van der Waals surface area (Å²) in [6, 6.07) is 0. The van der Waals surface area contributed by atoms with E-state index in [1.807, 2.05) is 13.8 Å². The summed E-state index contributed by atoms with van der Waals surface area (Å²) >= 11 is 0. The molecule has 0 spiro atoms. The summed E-state index contributed by atoms with van der Waals surface area (Å²) < 4.78 is 6.35. The van der Waals surface area contributed by atoms with Crippen LogP contribution in [0.15, 0.2) is 0 Å². The molecule has 0 aromatic carbocycles. The lowest BCUT2D eigenvalue weighted by Crippen LogP contribution is -2.49. The zero-order valence-electron chi connectivity index (χ0n) is 15.6. The number of carbonyl (C=O) groups excluding carboxylic acids is 1. The van der Waals surface area contributed by atoms with Crippen molar-refractivity contribution in [3.05, 3.63) is 0 Å². The highest BCUT2D eigenvalue weighted by molar-refractivity contribution is 5.76. The number of rotatable bonds is 4. The van der Waals surface area contributed by atoms with E-state index in [9.17, 15) is 4.79 Å². The molecule has 0 aromatic heterocycles. The second-order valence-corrected chi connectivity index (χ2v) is 9.77. The fraction of sp³-hybridized carbons (Fsp3) is 0.952. The van der Waals surface area contributed by atoms with Gasteiger partial charge in [0, 0.05) is 5.92 Å². The molecule has 0 aliphatic heterocycles. The lowest BCUT2D eigenvalue weighted by molar-refractivity contribution is -0.183. The molecule has 0 aromatic rings. The Balaban J connectivity index is 1.59. The highest BCUT2D eigenvalue weighted by Crippen LogP contribution is 2.72. The number of carbonyl (C=O) groups is 1. The van der Waals surface area contributed by atoms with E-state index >= 15 is 0 Å². The van der Waals surface area contributed by atoms with E-state index in [2.05, 4.69) is 20.8 Å². The fourth-order valence-electron chi connectivity index (χ4n) is 7.20. The molecule has 8 unspecified atom stereocenters. The highest BCUT2D eigenvalue weighted by Gasteiger charge is 2.69. The van der Waals surface area contributed by atoms with Crippen molar-refractivity contribution in [3.63, 3.8) is 0 Å². The summed E-state index contributed by atoms with van der Waals surface area (Å²) in [4.78, 5) is 12.8. The van der Waals surface area contributed by atoms with E-state index in [-0.39, 0.29) is 17.0 Å². The topological polar surface area (TPSA) is 26.3 Å². The molecule has 4 bridgehead atoms. The van der Waals surface area contributed by atoms with Gasteiger partial charge in [0.15, 0.2) is 0 Å². The summed E-state index contributed by atoms with van der Waals surface area (Å²) in [5, 5.41) is 0. The quantitative estimate of drug-likeness (QED) is 0.535. The molecule has 0 N–H and O–H groups in total. The number of hydrogen-bond acceptors (Lipinski definition) is 2. The first kappa shape index (κ1) is 16.0.